The minimum Gasteiger partial charge on any atom is -0.393 e. The Labute approximate surface area is 144 Å². The molecule has 0 aromatic heterocycles. The number of aliphatic hydroxyl groups is 1. The second-order valence-electron chi connectivity index (χ2n) is 7.10. The summed E-state index contributed by atoms with van der Waals surface area (Å²) >= 11 is 0. The molecule has 3 heteroatoms. The van der Waals surface area contributed by atoms with Gasteiger partial charge in [0.25, 0.3) is 0 Å². The van der Waals surface area contributed by atoms with Gasteiger partial charge in [-0.3, -0.25) is 4.90 Å². The van der Waals surface area contributed by atoms with Crippen LogP contribution in [0.25, 0.3) is 0 Å². The third-order valence-corrected chi connectivity index (χ3v) is 5.43. The van der Waals surface area contributed by atoms with E-state index in [1.165, 1.54) is 35.2 Å². The molecule has 0 radical (unpaired) electrons. The number of rotatable bonds is 4. The van der Waals surface area contributed by atoms with Crippen molar-refractivity contribution in [2.45, 2.75) is 44.4 Å². The Balaban J connectivity index is 1.48. The lowest BCUT2D eigenvalue weighted by Crippen LogP contribution is -2.35. The molecule has 24 heavy (non-hydrogen) atoms. The summed E-state index contributed by atoms with van der Waals surface area (Å²) in [5, 5.41) is 13.5. The molecule has 0 amide bonds. The van der Waals surface area contributed by atoms with Crippen molar-refractivity contribution in [3.8, 4) is 0 Å². The first-order valence-corrected chi connectivity index (χ1v) is 9.12. The van der Waals surface area contributed by atoms with Gasteiger partial charge in [0.15, 0.2) is 0 Å². The van der Waals surface area contributed by atoms with Crippen LogP contribution in [0.3, 0.4) is 0 Å². The average molecular weight is 322 g/mol. The highest BCUT2D eigenvalue weighted by atomic mass is 16.3. The van der Waals surface area contributed by atoms with E-state index in [1.807, 2.05) is 0 Å². The Kier molecular flexibility index (Phi) is 4.54. The predicted molar refractivity (Wildman–Crippen MR) is 98.1 cm³/mol. The molecule has 1 fully saturated rings. The second kappa shape index (κ2) is 6.96. The molecular weight excluding hydrogens is 296 g/mol. The number of fused-ring (bicyclic) bond motifs is 1. The van der Waals surface area contributed by atoms with Gasteiger partial charge in [-0.25, -0.2) is 0 Å². The van der Waals surface area contributed by atoms with Crippen LogP contribution in [0, 0.1) is 0 Å². The fourth-order valence-corrected chi connectivity index (χ4v) is 4.01. The third kappa shape index (κ3) is 3.33. The van der Waals surface area contributed by atoms with Gasteiger partial charge in [-0.1, -0.05) is 42.5 Å². The summed E-state index contributed by atoms with van der Waals surface area (Å²) in [4.78, 5) is 2.45. The second-order valence-corrected chi connectivity index (χ2v) is 7.10. The van der Waals surface area contributed by atoms with Crippen LogP contribution in [0.1, 0.15) is 42.0 Å². The van der Waals surface area contributed by atoms with E-state index in [1.54, 1.807) is 0 Å². The van der Waals surface area contributed by atoms with E-state index in [0.717, 1.165) is 32.5 Å². The highest BCUT2D eigenvalue weighted by Crippen LogP contribution is 2.34. The first kappa shape index (κ1) is 15.7. The molecule has 1 saturated heterocycles. The molecule has 4 rings (SSSR count). The smallest absolute Gasteiger partial charge is 0.0564 e. The molecule has 3 nitrogen and oxygen atoms in total. The molecule has 0 saturated carbocycles. The summed E-state index contributed by atoms with van der Waals surface area (Å²) in [6.07, 6.45) is 4.02. The van der Waals surface area contributed by atoms with Crippen molar-refractivity contribution < 1.29 is 5.11 Å². The van der Waals surface area contributed by atoms with Crippen molar-refractivity contribution in [3.05, 3.63) is 65.2 Å². The van der Waals surface area contributed by atoms with Crippen LogP contribution < -0.4 is 5.32 Å². The zero-order valence-electron chi connectivity index (χ0n) is 14.1. The monoisotopic (exact) mass is 322 g/mol. The van der Waals surface area contributed by atoms with Gasteiger partial charge in [-0.2, -0.15) is 0 Å². The standard InChI is InChI=1S/C21H26N2O/c24-18-11-13-23(14-12-18)15-17-6-2-4-8-20(17)22-21-10-9-16-5-1-3-7-19(16)21/h1-8,18,21-22,24H,9-15H2. The van der Waals surface area contributed by atoms with Crippen LogP contribution in [0.5, 0.6) is 0 Å². The van der Waals surface area contributed by atoms with Gasteiger partial charge in [-0.15, -0.1) is 0 Å². The van der Waals surface area contributed by atoms with Crippen molar-refractivity contribution in [1.82, 2.24) is 4.90 Å². The van der Waals surface area contributed by atoms with Gasteiger partial charge in [0.1, 0.15) is 0 Å². The molecule has 0 spiro atoms. The molecule has 1 aliphatic heterocycles. The number of hydrogen-bond donors (Lipinski definition) is 2. The molecule has 2 aromatic carbocycles. The summed E-state index contributed by atoms with van der Waals surface area (Å²) in [5.74, 6) is 0. The highest BCUT2D eigenvalue weighted by molar-refractivity contribution is 5.54. The number of aliphatic hydroxyl groups excluding tert-OH is 1. The molecule has 2 aromatic rings. The highest BCUT2D eigenvalue weighted by Gasteiger charge is 2.23. The Bertz CT molecular complexity index is 692. The Morgan fingerprint density at radius 2 is 1.71 bits per heavy atom. The first-order chi connectivity index (χ1) is 11.8. The summed E-state index contributed by atoms with van der Waals surface area (Å²) < 4.78 is 0. The predicted octanol–water partition coefficient (Wildman–Crippen LogP) is 3.74. The van der Waals surface area contributed by atoms with E-state index in [4.69, 9.17) is 0 Å². The number of hydrogen-bond acceptors (Lipinski definition) is 3. The van der Waals surface area contributed by atoms with Crippen LogP contribution in [-0.2, 0) is 13.0 Å². The van der Waals surface area contributed by atoms with Crippen molar-refractivity contribution in [2.75, 3.05) is 18.4 Å². The number of benzene rings is 2. The number of para-hydroxylation sites is 1. The Morgan fingerprint density at radius 3 is 2.58 bits per heavy atom. The van der Waals surface area contributed by atoms with Gasteiger partial charge in [-0.05, 0) is 48.4 Å². The maximum atomic E-state index is 9.69. The molecule has 1 heterocycles. The molecular formula is C21H26N2O. The molecule has 2 aliphatic rings. The van der Waals surface area contributed by atoms with Crippen LogP contribution in [0.15, 0.2) is 48.5 Å². The van der Waals surface area contributed by atoms with Crippen LogP contribution in [0.4, 0.5) is 5.69 Å². The van der Waals surface area contributed by atoms with Crippen molar-refractivity contribution in [2.24, 2.45) is 0 Å². The van der Waals surface area contributed by atoms with Crippen LogP contribution in [-0.4, -0.2) is 29.2 Å². The van der Waals surface area contributed by atoms with Gasteiger partial charge < -0.3 is 10.4 Å². The number of likely N-dealkylation sites (tertiary alicyclic amines) is 1. The molecule has 1 aliphatic carbocycles. The topological polar surface area (TPSA) is 35.5 Å². The summed E-state index contributed by atoms with van der Waals surface area (Å²) in [6.45, 7) is 2.94. The summed E-state index contributed by atoms with van der Waals surface area (Å²) in [6, 6.07) is 17.9. The van der Waals surface area contributed by atoms with E-state index in [-0.39, 0.29) is 6.10 Å². The Hall–Kier alpha value is -1.84. The van der Waals surface area contributed by atoms with E-state index in [9.17, 15) is 5.11 Å². The zero-order chi connectivity index (χ0) is 16.4. The van der Waals surface area contributed by atoms with E-state index in [2.05, 4.69) is 58.7 Å². The number of aryl methyl sites for hydroxylation is 1. The van der Waals surface area contributed by atoms with E-state index in [0.29, 0.717) is 6.04 Å². The quantitative estimate of drug-likeness (QED) is 0.900. The minimum atomic E-state index is -0.107. The molecule has 0 bridgehead atoms. The van der Waals surface area contributed by atoms with E-state index < -0.39 is 0 Å². The van der Waals surface area contributed by atoms with Gasteiger partial charge in [0.05, 0.1) is 12.1 Å². The number of anilines is 1. The molecule has 1 atom stereocenters. The van der Waals surface area contributed by atoms with Crippen molar-refractivity contribution >= 4 is 5.69 Å². The lowest BCUT2D eigenvalue weighted by atomic mass is 10.0. The fraction of sp³-hybridized carbons (Fsp3) is 0.429. The SMILES string of the molecule is OC1CCN(Cc2ccccc2NC2CCc3ccccc32)CC1. The largest absolute Gasteiger partial charge is 0.393 e. The summed E-state index contributed by atoms with van der Waals surface area (Å²) in [5.41, 5.74) is 5.55. The lowest BCUT2D eigenvalue weighted by Gasteiger charge is -2.30. The van der Waals surface area contributed by atoms with Gasteiger partial charge >= 0.3 is 0 Å². The normalized spacial score (nSPS) is 21.6. The number of piperidine rings is 1. The van der Waals surface area contributed by atoms with E-state index >= 15 is 0 Å². The van der Waals surface area contributed by atoms with Gasteiger partial charge in [0, 0.05) is 25.3 Å². The fourth-order valence-electron chi connectivity index (χ4n) is 4.01. The van der Waals surface area contributed by atoms with Crippen LogP contribution in [0.2, 0.25) is 0 Å². The molecule has 126 valence electrons. The molecule has 1 unspecified atom stereocenters. The zero-order valence-corrected chi connectivity index (χ0v) is 14.1. The molecule has 2 N–H and O–H groups in total. The first-order valence-electron chi connectivity index (χ1n) is 9.12. The van der Waals surface area contributed by atoms with Crippen molar-refractivity contribution in [3.63, 3.8) is 0 Å². The number of nitrogens with zero attached hydrogens (tertiary/aromatic N) is 1. The average Bonchev–Trinajstić information content (AvgIpc) is 3.02. The maximum absolute atomic E-state index is 9.69. The van der Waals surface area contributed by atoms with Crippen molar-refractivity contribution in [1.29, 1.82) is 0 Å². The maximum Gasteiger partial charge on any atom is 0.0564 e. The number of nitrogens with one attached hydrogen (secondary N) is 1. The summed E-state index contributed by atoms with van der Waals surface area (Å²) in [7, 11) is 0. The van der Waals surface area contributed by atoms with Gasteiger partial charge in [0.2, 0.25) is 0 Å². The Morgan fingerprint density at radius 1 is 0.958 bits per heavy atom. The minimum absolute atomic E-state index is 0.107. The van der Waals surface area contributed by atoms with Crippen LogP contribution >= 0.6 is 0 Å². The lowest BCUT2D eigenvalue weighted by molar-refractivity contribution is 0.0793. The third-order valence-electron chi connectivity index (χ3n) is 5.43.